The third-order valence-electron chi connectivity index (χ3n) is 16.2. The van der Waals surface area contributed by atoms with E-state index in [2.05, 4.69) is 0 Å². The van der Waals surface area contributed by atoms with E-state index < -0.39 is 5.41 Å². The Labute approximate surface area is 410 Å². The lowest BCUT2D eigenvalue weighted by Gasteiger charge is -2.35. The van der Waals surface area contributed by atoms with E-state index in [1.54, 1.807) is 0 Å². The molecule has 2 nitrogen and oxygen atoms in total. The molecular weight excluding hydrogens is 833 g/mol. The predicted molar refractivity (Wildman–Crippen MR) is 289 cm³/mol. The highest BCUT2D eigenvalue weighted by molar-refractivity contribution is 7.81. The van der Waals surface area contributed by atoms with E-state index in [0.29, 0.717) is 33.0 Å². The molecule has 2 saturated heterocycles. The number of thiol groups is 4. The van der Waals surface area contributed by atoms with Gasteiger partial charge in [-0.1, -0.05) is 212 Å². The first kappa shape index (κ1) is 57.2. The summed E-state index contributed by atoms with van der Waals surface area (Å²) in [5, 5.41) is 1.41. The average molecular weight is 940 g/mol. The molecule has 4 atom stereocenters. The number of ether oxygens (including phenoxy) is 1. The maximum absolute atomic E-state index is 14.6. The first-order valence-electron chi connectivity index (χ1n) is 28.2. The lowest BCUT2D eigenvalue weighted by atomic mass is 9.70. The number of rotatable bonds is 0. The van der Waals surface area contributed by atoms with Gasteiger partial charge in [-0.2, -0.15) is 50.5 Å². The van der Waals surface area contributed by atoms with Gasteiger partial charge in [-0.25, -0.2) is 0 Å². The molecule has 0 aromatic rings. The predicted octanol–water partition coefficient (Wildman–Crippen LogP) is 19.5. The van der Waals surface area contributed by atoms with Gasteiger partial charge in [-0.3, -0.25) is 4.79 Å². The molecule has 3 saturated carbocycles. The van der Waals surface area contributed by atoms with E-state index in [0.717, 1.165) is 70.6 Å². The van der Waals surface area contributed by atoms with Crippen LogP contribution in [0.25, 0.3) is 0 Å². The molecule has 2 heterocycles. The Morgan fingerprint density at radius 2 is 0.548 bits per heavy atom. The van der Waals surface area contributed by atoms with Gasteiger partial charge in [0, 0.05) is 21.0 Å². The van der Waals surface area contributed by atoms with Crippen molar-refractivity contribution in [3.63, 3.8) is 0 Å². The minimum atomic E-state index is -0.453. The minimum absolute atomic E-state index is 0.0650. The van der Waals surface area contributed by atoms with Crippen molar-refractivity contribution >= 4 is 56.5 Å². The van der Waals surface area contributed by atoms with E-state index >= 15 is 0 Å². The number of esters is 1. The molecule has 366 valence electrons. The fourth-order valence-corrected chi connectivity index (χ4v) is 13.1. The number of hydrogen-bond donors (Lipinski definition) is 4. The second kappa shape index (κ2) is 37.8. The molecule has 6 heteroatoms. The SMILES string of the molecule is O=C1OCCC(S)CCCCCCCCCCC23CCCCCCCCCCC(S)CCCC1(CCC(S)CCCCCCCCCC2)CCC(S)CCCCCCCCCC3. The van der Waals surface area contributed by atoms with Gasteiger partial charge < -0.3 is 4.74 Å². The highest BCUT2D eigenvalue weighted by Crippen LogP contribution is 2.43. The van der Waals surface area contributed by atoms with Crippen molar-refractivity contribution in [2.75, 3.05) is 6.61 Å². The van der Waals surface area contributed by atoms with Crippen LogP contribution in [-0.4, -0.2) is 33.6 Å². The van der Waals surface area contributed by atoms with Gasteiger partial charge in [-0.05, 0) is 102 Å². The summed E-state index contributed by atoms with van der Waals surface area (Å²) in [7, 11) is 0. The third kappa shape index (κ3) is 28.3. The summed E-state index contributed by atoms with van der Waals surface area (Å²) in [6.45, 7) is 0.500. The first-order chi connectivity index (χ1) is 30.3. The van der Waals surface area contributed by atoms with Crippen LogP contribution in [0.3, 0.4) is 0 Å². The zero-order chi connectivity index (χ0) is 44.2. The Bertz CT molecular complexity index is 1000. The number of hydrogen-bond acceptors (Lipinski definition) is 6. The molecule has 0 amide bonds. The Morgan fingerprint density at radius 1 is 0.290 bits per heavy atom. The summed E-state index contributed by atoms with van der Waals surface area (Å²) in [4.78, 5) is 14.6. The van der Waals surface area contributed by atoms with Crippen LogP contribution in [0.1, 0.15) is 308 Å². The third-order valence-corrected chi connectivity index (χ3v) is 18.3. The number of carbonyl (C=O) groups is 1. The van der Waals surface area contributed by atoms with E-state index in [-0.39, 0.29) is 5.97 Å². The molecule has 0 aromatic carbocycles. The smallest absolute Gasteiger partial charge is 0.312 e. The van der Waals surface area contributed by atoms with Gasteiger partial charge in [0.25, 0.3) is 0 Å². The van der Waals surface area contributed by atoms with Crippen LogP contribution in [0, 0.1) is 10.8 Å². The topological polar surface area (TPSA) is 26.3 Å². The molecule has 2 bridgehead atoms. The van der Waals surface area contributed by atoms with Gasteiger partial charge in [0.15, 0.2) is 0 Å². The zero-order valence-corrected chi connectivity index (χ0v) is 44.6. The maximum atomic E-state index is 14.6. The Morgan fingerprint density at radius 3 is 0.887 bits per heavy atom. The fourth-order valence-electron chi connectivity index (χ4n) is 11.8. The molecule has 3 aliphatic carbocycles. The van der Waals surface area contributed by atoms with Gasteiger partial charge in [0.1, 0.15) is 0 Å². The molecule has 0 radical (unpaired) electrons. The van der Waals surface area contributed by atoms with Crippen LogP contribution in [-0.2, 0) is 9.53 Å². The Kier molecular flexibility index (Phi) is 34.9. The minimum Gasteiger partial charge on any atom is -0.465 e. The summed E-state index contributed by atoms with van der Waals surface area (Å²) < 4.78 is 6.38. The molecule has 0 aromatic heterocycles. The zero-order valence-electron chi connectivity index (χ0n) is 41.1. The number of fused-ring (bicyclic) bond motifs is 27. The van der Waals surface area contributed by atoms with Crippen molar-refractivity contribution in [1.82, 2.24) is 0 Å². The first-order valence-corrected chi connectivity index (χ1v) is 30.3. The number of carbonyl (C=O) groups excluding carboxylic acids is 1. The van der Waals surface area contributed by atoms with Crippen LogP contribution in [0.4, 0.5) is 0 Å². The van der Waals surface area contributed by atoms with Crippen LogP contribution in [0.5, 0.6) is 0 Å². The molecule has 62 heavy (non-hydrogen) atoms. The fraction of sp³-hybridized carbons (Fsp3) is 0.982. The van der Waals surface area contributed by atoms with Crippen molar-refractivity contribution < 1.29 is 9.53 Å². The highest BCUT2D eigenvalue weighted by atomic mass is 32.1. The quantitative estimate of drug-likeness (QED) is 0.144. The van der Waals surface area contributed by atoms with Crippen LogP contribution < -0.4 is 0 Å². The van der Waals surface area contributed by atoms with Crippen molar-refractivity contribution in [3.8, 4) is 0 Å². The maximum Gasteiger partial charge on any atom is 0.312 e. The molecule has 5 rings (SSSR count). The molecule has 2 aliphatic heterocycles. The average Bonchev–Trinajstić information content (AvgIpc) is 3.25. The van der Waals surface area contributed by atoms with E-state index in [9.17, 15) is 4.79 Å². The lowest BCUT2D eigenvalue weighted by molar-refractivity contribution is -0.158. The van der Waals surface area contributed by atoms with E-state index in [1.165, 1.54) is 238 Å². The van der Waals surface area contributed by atoms with Gasteiger partial charge in [-0.15, -0.1) is 0 Å². The Hall–Kier alpha value is 0.870. The van der Waals surface area contributed by atoms with Crippen molar-refractivity contribution in [2.45, 2.75) is 329 Å². The molecule has 0 spiro atoms. The van der Waals surface area contributed by atoms with Gasteiger partial charge >= 0.3 is 5.97 Å². The Balaban J connectivity index is 1.90. The van der Waals surface area contributed by atoms with Crippen molar-refractivity contribution in [1.29, 1.82) is 0 Å². The van der Waals surface area contributed by atoms with Crippen molar-refractivity contribution in [2.24, 2.45) is 10.8 Å². The van der Waals surface area contributed by atoms with Crippen LogP contribution >= 0.6 is 50.5 Å². The summed E-state index contributed by atoms with van der Waals surface area (Å²) in [6, 6.07) is 0. The highest BCUT2D eigenvalue weighted by Gasteiger charge is 2.40. The molecule has 4 unspecified atom stereocenters. The lowest BCUT2D eigenvalue weighted by Crippen LogP contribution is -2.35. The monoisotopic (exact) mass is 939 g/mol. The summed E-state index contributed by atoms with van der Waals surface area (Å²) in [6.07, 6.45) is 62.7. The van der Waals surface area contributed by atoms with Gasteiger partial charge in [0.05, 0.1) is 12.0 Å². The summed E-state index contributed by atoms with van der Waals surface area (Å²) >= 11 is 20.6. The summed E-state index contributed by atoms with van der Waals surface area (Å²) in [5.41, 5.74) is 0.147. The second-order valence-corrected chi connectivity index (χ2v) is 24.7. The molecule has 5 fully saturated rings. The molecule has 0 N–H and O–H groups in total. The van der Waals surface area contributed by atoms with E-state index in [4.69, 9.17) is 55.3 Å². The van der Waals surface area contributed by atoms with Crippen LogP contribution in [0.2, 0.25) is 0 Å². The summed E-state index contributed by atoms with van der Waals surface area (Å²) in [5.74, 6) is 0.0650. The largest absolute Gasteiger partial charge is 0.465 e. The molecule has 5 aliphatic rings. The van der Waals surface area contributed by atoms with Crippen LogP contribution in [0.15, 0.2) is 0 Å². The second-order valence-electron chi connectivity index (χ2n) is 21.8. The standard InChI is InChI=1S/C56H106O2S4/c57-54-56-46-33-38-50(59)34-25-17-9-1-5-13-21-29-42-55(43-30-22-14-6-2-10-18-26-35-51(60)39-47-56,44-31-23-15-7-3-11-19-27-36-52(61)40-48-56)45-32-24-16-8-4-12-20-28-37-53(62)41-49-58-54/h50-53,59-62H,1-49H2. The van der Waals surface area contributed by atoms with Crippen molar-refractivity contribution in [3.05, 3.63) is 0 Å². The normalized spacial score (nSPS) is 33.2. The van der Waals surface area contributed by atoms with Gasteiger partial charge in [0.2, 0.25) is 0 Å². The molecular formula is C56H106O2S4. The van der Waals surface area contributed by atoms with E-state index in [1.807, 2.05) is 0 Å².